The maximum absolute atomic E-state index is 12.4. The number of hydrogen-bond donors (Lipinski definition) is 0. The van der Waals surface area contributed by atoms with Crippen molar-refractivity contribution in [1.82, 2.24) is 4.57 Å². The van der Waals surface area contributed by atoms with Crippen molar-refractivity contribution >= 4 is 11.8 Å². The molecule has 0 saturated heterocycles. The standard InChI is InChI=1S/C17H17NO3/c1-2-21-17(20)14-8-9-18-11-13(10-15(14)18)16(19)12-6-4-3-5-7-12/h3-7,10-11,14H,2,8-9H2,1H3. The lowest BCUT2D eigenvalue weighted by Crippen LogP contribution is -2.13. The maximum Gasteiger partial charge on any atom is 0.315 e. The highest BCUT2D eigenvalue weighted by atomic mass is 16.5. The monoisotopic (exact) mass is 283 g/mol. The topological polar surface area (TPSA) is 48.3 Å². The van der Waals surface area contributed by atoms with Gasteiger partial charge in [0.15, 0.2) is 5.78 Å². The number of ketones is 1. The van der Waals surface area contributed by atoms with Crippen LogP contribution in [0.4, 0.5) is 0 Å². The molecule has 1 aliphatic rings. The largest absolute Gasteiger partial charge is 0.465 e. The Hall–Kier alpha value is -2.36. The molecule has 1 aromatic carbocycles. The first kappa shape index (κ1) is 13.6. The van der Waals surface area contributed by atoms with Crippen LogP contribution in [0.5, 0.6) is 0 Å². The zero-order valence-electron chi connectivity index (χ0n) is 11.9. The summed E-state index contributed by atoms with van der Waals surface area (Å²) in [5.41, 5.74) is 2.17. The van der Waals surface area contributed by atoms with Gasteiger partial charge in [-0.3, -0.25) is 9.59 Å². The molecule has 0 fully saturated rings. The lowest BCUT2D eigenvalue weighted by Gasteiger charge is -2.07. The SMILES string of the molecule is CCOC(=O)C1CCn2cc(C(=O)c3ccccc3)cc21. The van der Waals surface area contributed by atoms with Crippen LogP contribution in [0.3, 0.4) is 0 Å². The minimum Gasteiger partial charge on any atom is -0.465 e. The number of carbonyl (C=O) groups excluding carboxylic acids is 2. The van der Waals surface area contributed by atoms with Gasteiger partial charge in [0.1, 0.15) is 0 Å². The molecule has 2 heterocycles. The number of nitrogens with zero attached hydrogens (tertiary/aromatic N) is 1. The molecule has 1 unspecified atom stereocenters. The van der Waals surface area contributed by atoms with Gasteiger partial charge in [-0.2, -0.15) is 0 Å². The number of rotatable bonds is 4. The molecule has 1 aliphatic heterocycles. The third-order valence-corrected chi connectivity index (χ3v) is 3.81. The fourth-order valence-electron chi connectivity index (χ4n) is 2.79. The number of ether oxygens (including phenoxy) is 1. The zero-order chi connectivity index (χ0) is 14.8. The summed E-state index contributed by atoms with van der Waals surface area (Å²) in [6.07, 6.45) is 2.58. The Kier molecular flexibility index (Phi) is 3.60. The summed E-state index contributed by atoms with van der Waals surface area (Å²) in [6, 6.07) is 11.0. The quantitative estimate of drug-likeness (QED) is 0.640. The molecule has 0 saturated carbocycles. The summed E-state index contributed by atoms with van der Waals surface area (Å²) in [5.74, 6) is -0.463. The number of hydrogen-bond acceptors (Lipinski definition) is 3. The van der Waals surface area contributed by atoms with Crippen molar-refractivity contribution in [2.24, 2.45) is 0 Å². The van der Waals surface area contributed by atoms with E-state index in [1.807, 2.05) is 35.0 Å². The minimum atomic E-state index is -0.248. The van der Waals surface area contributed by atoms with Crippen molar-refractivity contribution in [3.63, 3.8) is 0 Å². The first-order chi connectivity index (χ1) is 10.2. The predicted molar refractivity (Wildman–Crippen MR) is 78.3 cm³/mol. The van der Waals surface area contributed by atoms with E-state index in [0.29, 0.717) is 17.7 Å². The Bertz CT molecular complexity index is 673. The third-order valence-electron chi connectivity index (χ3n) is 3.81. The highest BCUT2D eigenvalue weighted by Crippen LogP contribution is 2.31. The van der Waals surface area contributed by atoms with Gasteiger partial charge in [0.25, 0.3) is 0 Å². The van der Waals surface area contributed by atoms with Crippen LogP contribution in [0.1, 0.15) is 40.9 Å². The second-order valence-corrected chi connectivity index (χ2v) is 5.14. The van der Waals surface area contributed by atoms with Crippen LogP contribution < -0.4 is 0 Å². The normalized spacial score (nSPS) is 16.5. The number of fused-ring (bicyclic) bond motifs is 1. The lowest BCUT2D eigenvalue weighted by molar-refractivity contribution is -0.144. The molecule has 0 radical (unpaired) electrons. The van der Waals surface area contributed by atoms with Crippen LogP contribution >= 0.6 is 0 Å². The molecule has 4 nitrogen and oxygen atoms in total. The first-order valence-electron chi connectivity index (χ1n) is 7.17. The van der Waals surface area contributed by atoms with E-state index in [1.54, 1.807) is 19.1 Å². The number of benzene rings is 1. The minimum absolute atomic E-state index is 0.0138. The fourth-order valence-corrected chi connectivity index (χ4v) is 2.79. The molecule has 1 atom stereocenters. The average molecular weight is 283 g/mol. The molecule has 108 valence electrons. The number of esters is 1. The fraction of sp³-hybridized carbons (Fsp3) is 0.294. The average Bonchev–Trinajstić information content (AvgIpc) is 3.07. The molecule has 3 rings (SSSR count). The van der Waals surface area contributed by atoms with Gasteiger partial charge in [-0.25, -0.2) is 0 Å². The van der Waals surface area contributed by atoms with E-state index < -0.39 is 0 Å². The van der Waals surface area contributed by atoms with Gasteiger partial charge in [0.05, 0.1) is 12.5 Å². The molecular weight excluding hydrogens is 266 g/mol. The second-order valence-electron chi connectivity index (χ2n) is 5.14. The van der Waals surface area contributed by atoms with Crippen LogP contribution in [0.2, 0.25) is 0 Å². The summed E-state index contributed by atoms with van der Waals surface area (Å²) in [4.78, 5) is 24.4. The molecular formula is C17H17NO3. The van der Waals surface area contributed by atoms with E-state index in [4.69, 9.17) is 4.74 Å². The molecule has 2 aromatic rings. The van der Waals surface area contributed by atoms with E-state index in [0.717, 1.165) is 18.7 Å². The molecule has 0 N–H and O–H groups in total. The van der Waals surface area contributed by atoms with Crippen LogP contribution in [0.25, 0.3) is 0 Å². The van der Waals surface area contributed by atoms with Crippen molar-refractivity contribution in [2.75, 3.05) is 6.61 Å². The van der Waals surface area contributed by atoms with Crippen molar-refractivity contribution in [3.05, 3.63) is 59.4 Å². The molecule has 4 heteroatoms. The smallest absolute Gasteiger partial charge is 0.315 e. The lowest BCUT2D eigenvalue weighted by atomic mass is 10.0. The van der Waals surface area contributed by atoms with Crippen molar-refractivity contribution in [2.45, 2.75) is 25.8 Å². The summed E-state index contributed by atoms with van der Waals surface area (Å²) < 4.78 is 7.08. The summed E-state index contributed by atoms with van der Waals surface area (Å²) in [7, 11) is 0. The van der Waals surface area contributed by atoms with E-state index in [-0.39, 0.29) is 17.7 Å². The van der Waals surface area contributed by atoms with Crippen molar-refractivity contribution in [3.8, 4) is 0 Å². The Morgan fingerprint density at radius 2 is 2.00 bits per heavy atom. The van der Waals surface area contributed by atoms with E-state index in [9.17, 15) is 9.59 Å². The third kappa shape index (κ3) is 2.49. The number of aryl methyl sites for hydroxylation is 1. The maximum atomic E-state index is 12.4. The Labute approximate surface area is 123 Å². The van der Waals surface area contributed by atoms with Gasteiger partial charge in [-0.15, -0.1) is 0 Å². The zero-order valence-corrected chi connectivity index (χ0v) is 11.9. The van der Waals surface area contributed by atoms with Crippen LogP contribution in [-0.4, -0.2) is 22.9 Å². The molecule has 1 aromatic heterocycles. The van der Waals surface area contributed by atoms with Crippen LogP contribution in [-0.2, 0) is 16.1 Å². The van der Waals surface area contributed by atoms with Gasteiger partial charge in [0, 0.05) is 29.6 Å². The van der Waals surface area contributed by atoms with E-state index in [2.05, 4.69) is 0 Å². The van der Waals surface area contributed by atoms with Crippen molar-refractivity contribution in [1.29, 1.82) is 0 Å². The molecule has 0 bridgehead atoms. The van der Waals surface area contributed by atoms with Gasteiger partial charge < -0.3 is 9.30 Å². The van der Waals surface area contributed by atoms with Crippen LogP contribution in [0.15, 0.2) is 42.6 Å². The van der Waals surface area contributed by atoms with Crippen LogP contribution in [0, 0.1) is 0 Å². The van der Waals surface area contributed by atoms with Gasteiger partial charge in [0.2, 0.25) is 0 Å². The summed E-state index contributed by atoms with van der Waals surface area (Å²) >= 11 is 0. The van der Waals surface area contributed by atoms with Gasteiger partial charge in [-0.1, -0.05) is 30.3 Å². The van der Waals surface area contributed by atoms with E-state index in [1.165, 1.54) is 0 Å². The molecule has 0 aliphatic carbocycles. The predicted octanol–water partition coefficient (Wildman–Crippen LogP) is 2.77. The Morgan fingerprint density at radius 3 is 2.71 bits per heavy atom. The van der Waals surface area contributed by atoms with Crippen molar-refractivity contribution < 1.29 is 14.3 Å². The highest BCUT2D eigenvalue weighted by molar-refractivity contribution is 6.09. The summed E-state index contributed by atoms with van der Waals surface area (Å²) in [6.45, 7) is 2.93. The van der Waals surface area contributed by atoms with Gasteiger partial charge >= 0.3 is 5.97 Å². The summed E-state index contributed by atoms with van der Waals surface area (Å²) in [5, 5.41) is 0. The molecule has 0 spiro atoms. The highest BCUT2D eigenvalue weighted by Gasteiger charge is 2.31. The van der Waals surface area contributed by atoms with E-state index >= 15 is 0 Å². The second kappa shape index (κ2) is 5.56. The Morgan fingerprint density at radius 1 is 1.24 bits per heavy atom. The Balaban J connectivity index is 1.87. The van der Waals surface area contributed by atoms with Gasteiger partial charge in [-0.05, 0) is 19.4 Å². The number of aromatic nitrogens is 1. The molecule has 21 heavy (non-hydrogen) atoms. The first-order valence-corrected chi connectivity index (χ1v) is 7.17. The molecule has 0 amide bonds. The number of carbonyl (C=O) groups is 2.